The van der Waals surface area contributed by atoms with E-state index in [0.29, 0.717) is 0 Å². The van der Waals surface area contributed by atoms with Gasteiger partial charge < -0.3 is 9.84 Å². The summed E-state index contributed by atoms with van der Waals surface area (Å²) in [7, 11) is 1.63. The summed E-state index contributed by atoms with van der Waals surface area (Å²) in [4.78, 5) is 0. The fraction of sp³-hybridized carbons (Fsp3) is 0.0667. The van der Waals surface area contributed by atoms with Gasteiger partial charge in [0, 0.05) is 0 Å². The molecule has 1 aromatic carbocycles. The van der Waals surface area contributed by atoms with Crippen LogP contribution in [0.3, 0.4) is 0 Å². The van der Waals surface area contributed by atoms with Gasteiger partial charge >= 0.3 is 0 Å². The largest absolute Gasteiger partial charge is 0.872 e. The van der Waals surface area contributed by atoms with Gasteiger partial charge in [0.1, 0.15) is 5.75 Å². The zero-order chi connectivity index (χ0) is 12.1. The molecular formula is C15H13O2-. The Hall–Kier alpha value is -2.22. The summed E-state index contributed by atoms with van der Waals surface area (Å²) in [6.07, 6.45) is 10.7. The van der Waals surface area contributed by atoms with Crippen LogP contribution in [0.1, 0.15) is 5.56 Å². The van der Waals surface area contributed by atoms with Gasteiger partial charge in [0.05, 0.1) is 7.11 Å². The Morgan fingerprint density at radius 3 is 2.35 bits per heavy atom. The van der Waals surface area contributed by atoms with Gasteiger partial charge in [0.2, 0.25) is 0 Å². The molecule has 2 heteroatoms. The van der Waals surface area contributed by atoms with E-state index in [4.69, 9.17) is 4.74 Å². The Morgan fingerprint density at radius 1 is 1.12 bits per heavy atom. The molecule has 0 spiro atoms. The summed E-state index contributed by atoms with van der Waals surface area (Å²) in [5, 5.41) is 11.7. The van der Waals surface area contributed by atoms with Crippen LogP contribution in [-0.2, 0) is 0 Å². The summed E-state index contributed by atoms with van der Waals surface area (Å²) in [6.45, 7) is 0. The summed E-state index contributed by atoms with van der Waals surface area (Å²) >= 11 is 0. The zero-order valence-corrected chi connectivity index (χ0v) is 9.59. The van der Waals surface area contributed by atoms with Crippen LogP contribution in [0.25, 0.3) is 6.08 Å². The van der Waals surface area contributed by atoms with E-state index >= 15 is 0 Å². The lowest BCUT2D eigenvalue weighted by atomic mass is 10.1. The molecule has 0 bridgehead atoms. The number of allylic oxidation sites excluding steroid dienone is 6. The number of benzene rings is 1. The second-order valence-corrected chi connectivity index (χ2v) is 3.64. The number of rotatable bonds is 3. The third kappa shape index (κ3) is 2.88. The molecule has 0 heterocycles. The molecule has 1 aromatic rings. The Morgan fingerprint density at radius 2 is 1.76 bits per heavy atom. The van der Waals surface area contributed by atoms with Crippen molar-refractivity contribution in [3.63, 3.8) is 0 Å². The minimum Gasteiger partial charge on any atom is -0.872 e. The first-order valence-corrected chi connectivity index (χ1v) is 5.38. The Bertz CT molecular complexity index is 488. The van der Waals surface area contributed by atoms with Crippen molar-refractivity contribution >= 4 is 6.08 Å². The molecule has 1 aliphatic carbocycles. The molecule has 1 aliphatic rings. The lowest BCUT2D eigenvalue weighted by Gasteiger charge is -2.08. The van der Waals surface area contributed by atoms with Crippen LogP contribution in [0.4, 0.5) is 0 Å². The third-order valence-electron chi connectivity index (χ3n) is 2.49. The Kier molecular flexibility index (Phi) is 3.46. The summed E-state index contributed by atoms with van der Waals surface area (Å²) < 4.78 is 5.06. The van der Waals surface area contributed by atoms with Gasteiger partial charge in [-0.2, -0.15) is 0 Å². The van der Waals surface area contributed by atoms with Crippen LogP contribution in [-0.4, -0.2) is 7.11 Å². The number of hydrogen-bond acceptors (Lipinski definition) is 2. The first-order chi connectivity index (χ1) is 8.29. The molecule has 0 aliphatic heterocycles. The highest BCUT2D eigenvalue weighted by atomic mass is 16.5. The fourth-order valence-corrected chi connectivity index (χ4v) is 1.52. The predicted octanol–water partition coefficient (Wildman–Crippen LogP) is 2.45. The van der Waals surface area contributed by atoms with Crippen molar-refractivity contribution in [3.05, 3.63) is 71.5 Å². The fourth-order valence-electron chi connectivity index (χ4n) is 1.52. The lowest BCUT2D eigenvalue weighted by molar-refractivity contribution is -0.295. The summed E-state index contributed by atoms with van der Waals surface area (Å²) in [5.41, 5.74) is 1.69. The van der Waals surface area contributed by atoms with E-state index in [2.05, 4.69) is 0 Å². The van der Waals surface area contributed by atoms with Crippen molar-refractivity contribution in [2.75, 3.05) is 7.11 Å². The van der Waals surface area contributed by atoms with Gasteiger partial charge in [0.15, 0.2) is 0 Å². The average molecular weight is 225 g/mol. The van der Waals surface area contributed by atoms with E-state index in [1.165, 1.54) is 0 Å². The Balaban J connectivity index is 2.12. The van der Waals surface area contributed by atoms with Gasteiger partial charge in [0.25, 0.3) is 0 Å². The molecule has 0 amide bonds. The van der Waals surface area contributed by atoms with Crippen LogP contribution in [0.5, 0.6) is 5.75 Å². The zero-order valence-electron chi connectivity index (χ0n) is 9.59. The van der Waals surface area contributed by atoms with Gasteiger partial charge in [-0.3, -0.25) is 0 Å². The molecule has 17 heavy (non-hydrogen) atoms. The molecule has 0 saturated carbocycles. The van der Waals surface area contributed by atoms with E-state index in [1.807, 2.05) is 36.4 Å². The summed E-state index contributed by atoms with van der Waals surface area (Å²) in [5.74, 6) is 0.829. The normalized spacial score (nSPS) is 13.6. The predicted molar refractivity (Wildman–Crippen MR) is 67.3 cm³/mol. The minimum atomic E-state index is 0.0193. The standard InChI is InChI=1S/C15H14O2/c1-17-14-9-6-12(7-10-14)8-11-15(16)13-4-2-3-5-13/h2-11,16H,1H3/p-1. The highest BCUT2D eigenvalue weighted by molar-refractivity contribution is 5.55. The van der Waals surface area contributed by atoms with Crippen molar-refractivity contribution in [2.24, 2.45) is 0 Å². The lowest BCUT2D eigenvalue weighted by Crippen LogP contribution is -2.02. The van der Waals surface area contributed by atoms with E-state index in [1.54, 1.807) is 31.4 Å². The topological polar surface area (TPSA) is 32.3 Å². The van der Waals surface area contributed by atoms with Crippen molar-refractivity contribution in [2.45, 2.75) is 0 Å². The maximum atomic E-state index is 11.7. The van der Waals surface area contributed by atoms with Crippen LogP contribution in [0.2, 0.25) is 0 Å². The molecule has 0 N–H and O–H groups in total. The second kappa shape index (κ2) is 5.21. The van der Waals surface area contributed by atoms with Crippen LogP contribution in [0, 0.1) is 0 Å². The monoisotopic (exact) mass is 225 g/mol. The smallest absolute Gasteiger partial charge is 0.118 e. The SMILES string of the molecule is COc1ccc(C=CC([O-])=C2C=CC=C2)cc1. The quantitative estimate of drug-likeness (QED) is 0.740. The molecule has 2 rings (SSSR count). The molecule has 0 aromatic heterocycles. The van der Waals surface area contributed by atoms with E-state index in [-0.39, 0.29) is 5.76 Å². The molecule has 2 nitrogen and oxygen atoms in total. The van der Waals surface area contributed by atoms with Crippen molar-refractivity contribution in [1.29, 1.82) is 0 Å². The summed E-state index contributed by atoms with van der Waals surface area (Å²) in [6, 6.07) is 7.56. The van der Waals surface area contributed by atoms with Gasteiger partial charge in [-0.05, 0) is 23.3 Å². The van der Waals surface area contributed by atoms with Crippen molar-refractivity contribution in [3.8, 4) is 5.75 Å². The molecule has 0 atom stereocenters. The number of ether oxygens (including phenoxy) is 1. The molecule has 0 unspecified atom stereocenters. The first kappa shape index (κ1) is 11.3. The minimum absolute atomic E-state index is 0.0193. The maximum Gasteiger partial charge on any atom is 0.118 e. The average Bonchev–Trinajstić information content (AvgIpc) is 2.90. The van der Waals surface area contributed by atoms with Crippen LogP contribution < -0.4 is 9.84 Å². The van der Waals surface area contributed by atoms with Crippen molar-refractivity contribution < 1.29 is 9.84 Å². The third-order valence-corrected chi connectivity index (χ3v) is 2.49. The van der Waals surface area contributed by atoms with Crippen LogP contribution >= 0.6 is 0 Å². The highest BCUT2D eigenvalue weighted by Crippen LogP contribution is 2.14. The number of hydrogen-bond donors (Lipinski definition) is 0. The van der Waals surface area contributed by atoms with Crippen molar-refractivity contribution in [1.82, 2.24) is 0 Å². The first-order valence-electron chi connectivity index (χ1n) is 5.38. The molecule has 0 saturated heterocycles. The van der Waals surface area contributed by atoms with Crippen LogP contribution in [0.15, 0.2) is 66.0 Å². The molecule has 0 radical (unpaired) electrons. The van der Waals surface area contributed by atoms with E-state index in [9.17, 15) is 5.11 Å². The second-order valence-electron chi connectivity index (χ2n) is 3.64. The highest BCUT2D eigenvalue weighted by Gasteiger charge is 1.92. The van der Waals surface area contributed by atoms with Gasteiger partial charge in [-0.25, -0.2) is 0 Å². The molecule has 0 fully saturated rings. The molecule has 86 valence electrons. The van der Waals surface area contributed by atoms with E-state index < -0.39 is 0 Å². The Labute approximate surface area is 101 Å². The maximum absolute atomic E-state index is 11.7. The van der Waals surface area contributed by atoms with Gasteiger partial charge in [-0.15, -0.1) is 5.76 Å². The van der Waals surface area contributed by atoms with E-state index in [0.717, 1.165) is 16.9 Å². The molecular weight excluding hydrogens is 212 g/mol. The number of methoxy groups -OCH3 is 1. The van der Waals surface area contributed by atoms with Gasteiger partial charge in [-0.1, -0.05) is 48.6 Å².